The first-order chi connectivity index (χ1) is 19.1. The largest absolute Gasteiger partial charge is 0.598 e. The molecule has 4 nitrogen and oxygen atoms in total. The monoisotopic (exact) mass is 612 g/mol. The lowest BCUT2D eigenvalue weighted by Gasteiger charge is -2.27. The SMILES string of the molecule is CC1=CC(C)=N/C1=C(/c1c(C)cc(C)cc1C)c1ccc(C)n1B(OCC(F)(F)C(F)(F)F)OCC(F)(F)C(F)(F)F. The number of nitrogens with zero attached hydrogens (tertiary/aromatic N) is 2. The molecule has 2 aromatic rings. The van der Waals surface area contributed by atoms with E-state index in [2.05, 4.69) is 14.3 Å². The lowest BCUT2D eigenvalue weighted by molar-refractivity contribution is -0.295. The summed E-state index contributed by atoms with van der Waals surface area (Å²) >= 11 is 0. The molecule has 1 aromatic carbocycles. The van der Waals surface area contributed by atoms with Gasteiger partial charge in [0.25, 0.3) is 0 Å². The van der Waals surface area contributed by atoms with Crippen LogP contribution in [0.3, 0.4) is 0 Å². The molecule has 0 amide bonds. The van der Waals surface area contributed by atoms with Crippen molar-refractivity contribution < 1.29 is 53.2 Å². The molecule has 0 bridgehead atoms. The number of aromatic nitrogens is 1. The molecule has 0 saturated heterocycles. The maximum Gasteiger partial charge on any atom is 0.598 e. The Labute approximate surface area is 235 Å². The number of benzene rings is 1. The summed E-state index contributed by atoms with van der Waals surface area (Å²) in [6.45, 7) is 5.27. The molecule has 3 rings (SSSR count). The van der Waals surface area contributed by atoms with E-state index < -0.39 is 44.7 Å². The van der Waals surface area contributed by atoms with Gasteiger partial charge in [0.15, 0.2) is 0 Å². The first kappa shape index (κ1) is 33.4. The minimum atomic E-state index is -6.09. The number of halogens is 10. The van der Waals surface area contributed by atoms with Gasteiger partial charge in [-0.3, -0.25) is 4.99 Å². The molecular formula is C27H27BF10N2O2. The first-order valence-corrected chi connectivity index (χ1v) is 12.4. The summed E-state index contributed by atoms with van der Waals surface area (Å²) in [5.41, 5.74) is 4.82. The van der Waals surface area contributed by atoms with Gasteiger partial charge in [0.2, 0.25) is 0 Å². The number of aryl methyl sites for hydroxylation is 4. The van der Waals surface area contributed by atoms with Crippen molar-refractivity contribution in [3.63, 3.8) is 0 Å². The van der Waals surface area contributed by atoms with Crippen LogP contribution in [0.25, 0.3) is 5.57 Å². The van der Waals surface area contributed by atoms with Crippen LogP contribution in [0, 0.1) is 27.7 Å². The van der Waals surface area contributed by atoms with Crippen molar-refractivity contribution in [2.45, 2.75) is 65.7 Å². The van der Waals surface area contributed by atoms with E-state index in [4.69, 9.17) is 0 Å². The summed E-state index contributed by atoms with van der Waals surface area (Å²) in [5.74, 6) is -10.9. The molecule has 1 aliphatic rings. The van der Waals surface area contributed by atoms with Crippen LogP contribution in [0.2, 0.25) is 0 Å². The highest BCUT2D eigenvalue weighted by Crippen LogP contribution is 2.40. The van der Waals surface area contributed by atoms with E-state index in [9.17, 15) is 43.9 Å². The topological polar surface area (TPSA) is 35.8 Å². The van der Waals surface area contributed by atoms with Gasteiger partial charge in [-0.1, -0.05) is 17.7 Å². The lowest BCUT2D eigenvalue weighted by atomic mass is 9.88. The van der Waals surface area contributed by atoms with Crippen molar-refractivity contribution in [1.29, 1.82) is 0 Å². The maximum atomic E-state index is 13.8. The summed E-state index contributed by atoms with van der Waals surface area (Å²) in [5, 5.41) is 0. The third-order valence-electron chi connectivity index (χ3n) is 6.48. The maximum absolute atomic E-state index is 13.8. The molecule has 0 unspecified atom stereocenters. The predicted octanol–water partition coefficient (Wildman–Crippen LogP) is 8.16. The predicted molar refractivity (Wildman–Crippen MR) is 138 cm³/mol. The molecule has 0 fully saturated rings. The van der Waals surface area contributed by atoms with Crippen LogP contribution in [0.5, 0.6) is 0 Å². The van der Waals surface area contributed by atoms with E-state index >= 15 is 0 Å². The summed E-state index contributed by atoms with van der Waals surface area (Å²) in [6, 6.07) is 6.41. The highest BCUT2D eigenvalue weighted by atomic mass is 19.4. The zero-order valence-electron chi connectivity index (χ0n) is 23.4. The summed E-state index contributed by atoms with van der Waals surface area (Å²) in [7, 11) is -2.55. The Morgan fingerprint density at radius 3 is 1.64 bits per heavy atom. The van der Waals surface area contributed by atoms with Crippen LogP contribution >= 0.6 is 0 Å². The van der Waals surface area contributed by atoms with Gasteiger partial charge in [0.1, 0.15) is 13.2 Å². The molecule has 0 radical (unpaired) electrons. The standard InChI is InChI=1S/C27H27BF10N2O2/c1-14-9-15(2)21(16(3)10-14)22(23-17(4)11-18(5)39-23)20-8-7-19(6)40(20)28(41-12-24(29,30)26(33,34)35)42-13-25(31,32)27(36,37)38/h7-11H,12-13H2,1-6H3/b23-22+. The van der Waals surface area contributed by atoms with Gasteiger partial charge < -0.3 is 13.8 Å². The smallest absolute Gasteiger partial charge is 0.385 e. The van der Waals surface area contributed by atoms with Gasteiger partial charge in [-0.05, 0) is 82.0 Å². The Morgan fingerprint density at radius 1 is 0.762 bits per heavy atom. The minimum absolute atomic E-state index is 0.0133. The molecule has 2 heterocycles. The zero-order valence-corrected chi connectivity index (χ0v) is 23.4. The van der Waals surface area contributed by atoms with E-state index in [0.717, 1.165) is 10.0 Å². The molecule has 1 aliphatic heterocycles. The summed E-state index contributed by atoms with van der Waals surface area (Å²) < 4.78 is 143. The average Bonchev–Trinajstić information content (AvgIpc) is 3.35. The summed E-state index contributed by atoms with van der Waals surface area (Å²) in [6.07, 6.45) is -10.5. The minimum Gasteiger partial charge on any atom is -0.385 e. The van der Waals surface area contributed by atoms with Crippen molar-refractivity contribution in [1.82, 2.24) is 4.48 Å². The van der Waals surface area contributed by atoms with E-state index in [-0.39, 0.29) is 11.4 Å². The molecule has 1 aromatic heterocycles. The van der Waals surface area contributed by atoms with Gasteiger partial charge in [-0.25, -0.2) is 0 Å². The fraction of sp³-hybridized carbons (Fsp3) is 0.444. The fourth-order valence-corrected chi connectivity index (χ4v) is 4.62. The third-order valence-corrected chi connectivity index (χ3v) is 6.48. The Balaban J connectivity index is 2.27. The normalized spacial score (nSPS) is 16.1. The van der Waals surface area contributed by atoms with E-state index in [1.54, 1.807) is 33.8 Å². The Bertz CT molecular complexity index is 1380. The number of allylic oxidation sites excluding steroid dienone is 2. The van der Waals surface area contributed by atoms with Crippen LogP contribution < -0.4 is 0 Å². The molecule has 0 spiro atoms. The number of hydrogen-bond donors (Lipinski definition) is 0. The van der Waals surface area contributed by atoms with Gasteiger partial charge in [-0.15, -0.1) is 0 Å². The molecule has 0 atom stereocenters. The van der Waals surface area contributed by atoms with Gasteiger partial charge in [-0.2, -0.15) is 43.9 Å². The van der Waals surface area contributed by atoms with E-state index in [0.29, 0.717) is 39.2 Å². The Hall–Kier alpha value is -3.07. The second-order valence-corrected chi connectivity index (χ2v) is 10.1. The van der Waals surface area contributed by atoms with Gasteiger partial charge in [0, 0.05) is 22.7 Å². The molecule has 0 aliphatic carbocycles. The second-order valence-electron chi connectivity index (χ2n) is 10.1. The van der Waals surface area contributed by atoms with Gasteiger partial charge in [0.05, 0.1) is 5.70 Å². The number of hydrogen-bond acceptors (Lipinski definition) is 3. The first-order valence-electron chi connectivity index (χ1n) is 12.4. The molecular weight excluding hydrogens is 585 g/mol. The Kier molecular flexibility index (Phi) is 9.20. The fourth-order valence-electron chi connectivity index (χ4n) is 4.62. The number of aliphatic imine (C=N–C) groups is 1. The quantitative estimate of drug-likeness (QED) is 0.212. The number of alkyl halides is 10. The van der Waals surface area contributed by atoms with Crippen LogP contribution in [0.4, 0.5) is 43.9 Å². The summed E-state index contributed by atoms with van der Waals surface area (Å²) in [4.78, 5) is 4.54. The van der Waals surface area contributed by atoms with Crippen molar-refractivity contribution >= 4 is 18.5 Å². The van der Waals surface area contributed by atoms with E-state index in [1.807, 2.05) is 19.1 Å². The highest BCUT2D eigenvalue weighted by molar-refractivity contribution is 6.43. The van der Waals surface area contributed by atoms with Crippen molar-refractivity contribution in [3.05, 3.63) is 75.3 Å². The lowest BCUT2D eigenvalue weighted by Crippen LogP contribution is -2.48. The molecule has 230 valence electrons. The Morgan fingerprint density at radius 2 is 1.24 bits per heavy atom. The van der Waals surface area contributed by atoms with Crippen molar-refractivity contribution in [2.75, 3.05) is 13.2 Å². The molecule has 15 heteroatoms. The van der Waals surface area contributed by atoms with Crippen LogP contribution in [0.1, 0.15) is 47.5 Å². The second kappa shape index (κ2) is 11.6. The van der Waals surface area contributed by atoms with Crippen LogP contribution in [-0.4, -0.2) is 54.9 Å². The van der Waals surface area contributed by atoms with E-state index in [1.165, 1.54) is 19.1 Å². The number of rotatable bonds is 9. The van der Waals surface area contributed by atoms with Crippen molar-refractivity contribution in [3.8, 4) is 0 Å². The van der Waals surface area contributed by atoms with Crippen molar-refractivity contribution in [2.24, 2.45) is 4.99 Å². The average molecular weight is 612 g/mol. The molecule has 0 N–H and O–H groups in total. The van der Waals surface area contributed by atoms with Gasteiger partial charge >= 0.3 is 31.5 Å². The highest BCUT2D eigenvalue weighted by Gasteiger charge is 2.60. The molecule has 42 heavy (non-hydrogen) atoms. The van der Waals surface area contributed by atoms with Crippen LogP contribution in [0.15, 0.2) is 46.6 Å². The van der Waals surface area contributed by atoms with Crippen LogP contribution in [-0.2, 0) is 9.31 Å². The molecule has 0 saturated carbocycles. The zero-order chi connectivity index (χ0) is 32.0. The third kappa shape index (κ3) is 6.77.